The van der Waals surface area contributed by atoms with E-state index in [2.05, 4.69) is 15.9 Å². The van der Waals surface area contributed by atoms with Crippen LogP contribution in [0.25, 0.3) is 0 Å². The Kier molecular flexibility index (Phi) is 4.01. The van der Waals surface area contributed by atoms with E-state index >= 15 is 0 Å². The van der Waals surface area contributed by atoms with Crippen molar-refractivity contribution in [2.45, 2.75) is 12.8 Å². The molecule has 0 spiro atoms. The fourth-order valence-corrected chi connectivity index (χ4v) is 2.47. The number of amides is 1. The molecular formula is C13H14BrNO3. The Hall–Kier alpha value is -1.36. The summed E-state index contributed by atoms with van der Waals surface area (Å²) in [4.78, 5) is 24.5. The van der Waals surface area contributed by atoms with Crippen LogP contribution in [0.1, 0.15) is 23.2 Å². The fraction of sp³-hybridized carbons (Fsp3) is 0.385. The van der Waals surface area contributed by atoms with Crippen molar-refractivity contribution in [1.29, 1.82) is 0 Å². The van der Waals surface area contributed by atoms with E-state index in [-0.39, 0.29) is 18.2 Å². The molecule has 1 aliphatic rings. The van der Waals surface area contributed by atoms with E-state index in [1.807, 2.05) is 12.1 Å². The van der Waals surface area contributed by atoms with Crippen molar-refractivity contribution in [3.63, 3.8) is 0 Å². The zero-order valence-corrected chi connectivity index (χ0v) is 11.4. The van der Waals surface area contributed by atoms with E-state index < -0.39 is 5.97 Å². The van der Waals surface area contributed by atoms with Gasteiger partial charge in [0.2, 0.25) is 0 Å². The molecular weight excluding hydrogens is 298 g/mol. The summed E-state index contributed by atoms with van der Waals surface area (Å²) < 4.78 is 0.934. The lowest BCUT2D eigenvalue weighted by Crippen LogP contribution is -2.28. The highest BCUT2D eigenvalue weighted by atomic mass is 79.9. The summed E-state index contributed by atoms with van der Waals surface area (Å²) in [5.41, 5.74) is 0.647. The number of carbonyl (C=O) groups is 2. The molecule has 1 saturated heterocycles. The van der Waals surface area contributed by atoms with E-state index in [0.717, 1.165) is 10.9 Å². The number of benzene rings is 1. The largest absolute Gasteiger partial charge is 0.481 e. The number of carboxylic acid groups (broad SMARTS) is 1. The van der Waals surface area contributed by atoms with Crippen LogP contribution in [0.15, 0.2) is 28.7 Å². The van der Waals surface area contributed by atoms with Crippen molar-refractivity contribution in [3.8, 4) is 0 Å². The normalized spacial score (nSPS) is 18.9. The Morgan fingerprint density at radius 3 is 2.61 bits per heavy atom. The molecule has 1 aliphatic heterocycles. The van der Waals surface area contributed by atoms with E-state index in [0.29, 0.717) is 18.7 Å². The molecule has 2 rings (SSSR count). The lowest BCUT2D eigenvalue weighted by molar-refractivity contribution is -0.138. The zero-order valence-electron chi connectivity index (χ0n) is 9.80. The molecule has 0 bridgehead atoms. The van der Waals surface area contributed by atoms with Gasteiger partial charge in [-0.05, 0) is 36.6 Å². The maximum Gasteiger partial charge on any atom is 0.303 e. The summed E-state index contributed by atoms with van der Waals surface area (Å²) in [6.45, 7) is 1.19. The molecule has 1 heterocycles. The van der Waals surface area contributed by atoms with Gasteiger partial charge in [-0.1, -0.05) is 15.9 Å². The van der Waals surface area contributed by atoms with E-state index in [1.165, 1.54) is 0 Å². The zero-order chi connectivity index (χ0) is 13.1. The van der Waals surface area contributed by atoms with E-state index in [4.69, 9.17) is 5.11 Å². The van der Waals surface area contributed by atoms with Crippen LogP contribution < -0.4 is 0 Å². The van der Waals surface area contributed by atoms with Crippen molar-refractivity contribution in [2.75, 3.05) is 13.1 Å². The van der Waals surface area contributed by atoms with Crippen LogP contribution >= 0.6 is 15.9 Å². The molecule has 4 nitrogen and oxygen atoms in total. The number of carboxylic acids is 1. The highest BCUT2D eigenvalue weighted by Gasteiger charge is 2.28. The van der Waals surface area contributed by atoms with Gasteiger partial charge in [-0.2, -0.15) is 0 Å². The Labute approximate surface area is 114 Å². The summed E-state index contributed by atoms with van der Waals surface area (Å²) in [6, 6.07) is 7.21. The van der Waals surface area contributed by atoms with E-state index in [1.54, 1.807) is 17.0 Å². The van der Waals surface area contributed by atoms with Gasteiger partial charge < -0.3 is 10.0 Å². The van der Waals surface area contributed by atoms with Gasteiger partial charge in [-0.25, -0.2) is 0 Å². The van der Waals surface area contributed by atoms with Crippen LogP contribution in [0.5, 0.6) is 0 Å². The molecule has 1 fully saturated rings. The summed E-state index contributed by atoms with van der Waals surface area (Å²) in [5, 5.41) is 8.74. The number of likely N-dealkylation sites (tertiary alicyclic amines) is 1. The Morgan fingerprint density at radius 1 is 1.33 bits per heavy atom. The average molecular weight is 312 g/mol. The molecule has 5 heteroatoms. The second-order valence-electron chi connectivity index (χ2n) is 4.51. The summed E-state index contributed by atoms with van der Waals surface area (Å²) in [7, 11) is 0. The maximum atomic E-state index is 12.2. The number of aliphatic carboxylic acids is 1. The molecule has 1 amide bonds. The number of nitrogens with zero attached hydrogens (tertiary/aromatic N) is 1. The molecule has 1 aromatic carbocycles. The van der Waals surface area contributed by atoms with Gasteiger partial charge in [-0.15, -0.1) is 0 Å². The number of hydrogen-bond acceptors (Lipinski definition) is 2. The van der Waals surface area contributed by atoms with Crippen molar-refractivity contribution >= 4 is 27.8 Å². The van der Waals surface area contributed by atoms with Gasteiger partial charge in [0.05, 0.1) is 0 Å². The summed E-state index contributed by atoms with van der Waals surface area (Å²) >= 11 is 3.32. The predicted octanol–water partition coefficient (Wildman–Crippen LogP) is 2.39. The van der Waals surface area contributed by atoms with Crippen LogP contribution in [0.4, 0.5) is 0 Å². The van der Waals surface area contributed by atoms with Gasteiger partial charge in [0.15, 0.2) is 0 Å². The first-order chi connectivity index (χ1) is 8.56. The highest BCUT2D eigenvalue weighted by molar-refractivity contribution is 9.10. The van der Waals surface area contributed by atoms with Crippen LogP contribution in [0.3, 0.4) is 0 Å². The molecule has 1 aromatic rings. The smallest absolute Gasteiger partial charge is 0.303 e. The van der Waals surface area contributed by atoms with Gasteiger partial charge in [0, 0.05) is 29.5 Å². The molecule has 0 aliphatic carbocycles. The molecule has 0 saturated carbocycles. The minimum Gasteiger partial charge on any atom is -0.481 e. The molecule has 1 unspecified atom stereocenters. The lowest BCUT2D eigenvalue weighted by Gasteiger charge is -2.16. The number of hydrogen-bond donors (Lipinski definition) is 1. The SMILES string of the molecule is O=C(O)CC1CCN(C(=O)c2ccc(Br)cc2)C1. The Bertz CT molecular complexity index is 458. The van der Waals surface area contributed by atoms with Crippen LogP contribution in [-0.2, 0) is 4.79 Å². The predicted molar refractivity (Wildman–Crippen MR) is 70.4 cm³/mol. The monoisotopic (exact) mass is 311 g/mol. The number of rotatable bonds is 3. The summed E-state index contributed by atoms with van der Waals surface area (Å²) in [5.74, 6) is -0.727. The van der Waals surface area contributed by atoms with Crippen molar-refractivity contribution in [1.82, 2.24) is 4.90 Å². The Balaban J connectivity index is 1.99. The van der Waals surface area contributed by atoms with Crippen LogP contribution in [0.2, 0.25) is 0 Å². The molecule has 18 heavy (non-hydrogen) atoms. The van der Waals surface area contributed by atoms with Crippen molar-refractivity contribution < 1.29 is 14.7 Å². The highest BCUT2D eigenvalue weighted by Crippen LogP contribution is 2.22. The van der Waals surface area contributed by atoms with Gasteiger partial charge in [0.1, 0.15) is 0 Å². The number of carbonyl (C=O) groups excluding carboxylic acids is 1. The third kappa shape index (κ3) is 3.10. The third-order valence-electron chi connectivity index (χ3n) is 3.13. The second kappa shape index (κ2) is 5.52. The number of halogens is 1. The minimum absolute atomic E-state index is 0.0182. The maximum absolute atomic E-state index is 12.2. The second-order valence-corrected chi connectivity index (χ2v) is 5.43. The van der Waals surface area contributed by atoms with Gasteiger partial charge in [0.25, 0.3) is 5.91 Å². The Morgan fingerprint density at radius 2 is 2.00 bits per heavy atom. The van der Waals surface area contributed by atoms with E-state index in [9.17, 15) is 9.59 Å². The first kappa shape index (κ1) is 13.1. The van der Waals surface area contributed by atoms with Gasteiger partial charge >= 0.3 is 5.97 Å². The first-order valence-corrected chi connectivity index (χ1v) is 6.62. The van der Waals surface area contributed by atoms with Crippen molar-refractivity contribution in [3.05, 3.63) is 34.3 Å². The molecule has 96 valence electrons. The molecule has 1 atom stereocenters. The average Bonchev–Trinajstić information content (AvgIpc) is 2.76. The molecule has 0 radical (unpaired) electrons. The fourth-order valence-electron chi connectivity index (χ4n) is 2.21. The van der Waals surface area contributed by atoms with Crippen LogP contribution in [0, 0.1) is 5.92 Å². The minimum atomic E-state index is -0.794. The first-order valence-electron chi connectivity index (χ1n) is 5.83. The lowest BCUT2D eigenvalue weighted by atomic mass is 10.1. The topological polar surface area (TPSA) is 57.6 Å². The quantitative estimate of drug-likeness (QED) is 0.932. The molecule has 1 N–H and O–H groups in total. The van der Waals surface area contributed by atoms with Crippen molar-refractivity contribution in [2.24, 2.45) is 5.92 Å². The third-order valence-corrected chi connectivity index (χ3v) is 3.66. The van der Waals surface area contributed by atoms with Gasteiger partial charge in [-0.3, -0.25) is 9.59 Å². The summed E-state index contributed by atoms with van der Waals surface area (Å²) in [6.07, 6.45) is 0.915. The standard InChI is InChI=1S/C13H14BrNO3/c14-11-3-1-10(2-4-11)13(18)15-6-5-9(8-15)7-12(16)17/h1-4,9H,5-8H2,(H,16,17). The molecule has 0 aromatic heterocycles. The van der Waals surface area contributed by atoms with Crippen LogP contribution in [-0.4, -0.2) is 35.0 Å².